The summed E-state index contributed by atoms with van der Waals surface area (Å²) in [6, 6.07) is 14.5. The highest BCUT2D eigenvalue weighted by Crippen LogP contribution is 2.22. The fourth-order valence-corrected chi connectivity index (χ4v) is 2.96. The van der Waals surface area contributed by atoms with E-state index in [1.165, 1.54) is 16.7 Å². The predicted octanol–water partition coefficient (Wildman–Crippen LogP) is 3.05. The summed E-state index contributed by atoms with van der Waals surface area (Å²) >= 11 is 0. The van der Waals surface area contributed by atoms with Gasteiger partial charge in [0.05, 0.1) is 0 Å². The lowest BCUT2D eigenvalue weighted by Crippen LogP contribution is -2.31. The Bertz CT molecular complexity index is 819. The number of pyridine rings is 1. The quantitative estimate of drug-likeness (QED) is 0.801. The monoisotopic (exact) mass is 317 g/mol. The highest BCUT2D eigenvalue weighted by atomic mass is 15.3. The average Bonchev–Trinajstić information content (AvgIpc) is 2.67. The Morgan fingerprint density at radius 3 is 2.67 bits per heavy atom. The summed E-state index contributed by atoms with van der Waals surface area (Å²) in [5.41, 5.74) is 3.97. The second-order valence-electron chi connectivity index (χ2n) is 5.89. The van der Waals surface area contributed by atoms with E-state index < -0.39 is 0 Å². The first-order chi connectivity index (χ1) is 11.9. The lowest BCUT2D eigenvalue weighted by molar-refractivity contribution is 0.708. The van der Waals surface area contributed by atoms with Crippen molar-refractivity contribution in [1.29, 1.82) is 0 Å². The summed E-state index contributed by atoms with van der Waals surface area (Å²) < 4.78 is 0. The molecule has 0 unspecified atom stereocenters. The highest BCUT2D eigenvalue weighted by molar-refractivity contribution is 5.44. The van der Waals surface area contributed by atoms with Gasteiger partial charge in [0.25, 0.3) is 0 Å². The molecule has 3 aromatic rings. The predicted molar refractivity (Wildman–Crippen MR) is 94.8 cm³/mol. The number of hydrogen-bond donors (Lipinski definition) is 1. The Morgan fingerprint density at radius 2 is 1.79 bits per heavy atom. The van der Waals surface area contributed by atoms with Gasteiger partial charge in [0.1, 0.15) is 5.82 Å². The Kier molecular flexibility index (Phi) is 4.06. The molecule has 0 spiro atoms. The van der Waals surface area contributed by atoms with Crippen molar-refractivity contribution in [3.63, 3.8) is 0 Å². The smallest absolute Gasteiger partial charge is 0.227 e. The maximum absolute atomic E-state index is 4.67. The van der Waals surface area contributed by atoms with E-state index in [1.807, 2.05) is 24.4 Å². The molecule has 4 rings (SSSR count). The van der Waals surface area contributed by atoms with Crippen molar-refractivity contribution < 1.29 is 0 Å². The minimum atomic E-state index is 0.724. The van der Waals surface area contributed by atoms with Gasteiger partial charge < -0.3 is 10.2 Å². The second-order valence-corrected chi connectivity index (χ2v) is 5.89. The number of anilines is 2. The zero-order valence-electron chi connectivity index (χ0n) is 13.4. The van der Waals surface area contributed by atoms with Crippen LogP contribution in [0.1, 0.15) is 16.7 Å². The van der Waals surface area contributed by atoms with Crippen LogP contribution in [0.15, 0.2) is 61.1 Å². The molecule has 5 nitrogen and oxygen atoms in total. The molecule has 1 aliphatic heterocycles. The summed E-state index contributed by atoms with van der Waals surface area (Å²) in [5, 5.41) is 3.35. The first-order valence-electron chi connectivity index (χ1n) is 8.16. The van der Waals surface area contributed by atoms with Gasteiger partial charge in [0, 0.05) is 38.2 Å². The molecule has 0 aliphatic carbocycles. The Hall–Kier alpha value is -2.95. The second kappa shape index (κ2) is 6.66. The van der Waals surface area contributed by atoms with E-state index in [-0.39, 0.29) is 0 Å². The molecule has 120 valence electrons. The van der Waals surface area contributed by atoms with Crippen LogP contribution in [0.5, 0.6) is 0 Å². The maximum Gasteiger partial charge on any atom is 0.227 e. The largest absolute Gasteiger partial charge is 0.366 e. The van der Waals surface area contributed by atoms with Crippen molar-refractivity contribution in [2.24, 2.45) is 0 Å². The van der Waals surface area contributed by atoms with Crippen molar-refractivity contribution in [2.45, 2.75) is 19.5 Å². The van der Waals surface area contributed by atoms with Gasteiger partial charge in [0.15, 0.2) is 0 Å². The molecular formula is C19H19N5. The molecule has 2 aromatic heterocycles. The molecule has 3 heterocycles. The summed E-state index contributed by atoms with van der Waals surface area (Å²) in [5.74, 6) is 1.62. The molecule has 0 saturated carbocycles. The zero-order chi connectivity index (χ0) is 16.2. The van der Waals surface area contributed by atoms with Gasteiger partial charge in [-0.3, -0.25) is 4.98 Å². The van der Waals surface area contributed by atoms with Crippen LogP contribution >= 0.6 is 0 Å². The van der Waals surface area contributed by atoms with Gasteiger partial charge in [-0.25, -0.2) is 4.98 Å². The topological polar surface area (TPSA) is 53.9 Å². The minimum absolute atomic E-state index is 0.724. The summed E-state index contributed by atoms with van der Waals surface area (Å²) in [6.07, 6.45) is 6.45. The van der Waals surface area contributed by atoms with Crippen molar-refractivity contribution >= 4 is 11.8 Å². The summed E-state index contributed by atoms with van der Waals surface area (Å²) in [4.78, 5) is 15.4. The lowest BCUT2D eigenvalue weighted by atomic mass is 10.0. The van der Waals surface area contributed by atoms with Gasteiger partial charge in [-0.15, -0.1) is 0 Å². The Labute approximate surface area is 141 Å². The van der Waals surface area contributed by atoms with E-state index in [0.29, 0.717) is 0 Å². The van der Waals surface area contributed by atoms with Gasteiger partial charge in [0.2, 0.25) is 5.95 Å². The van der Waals surface area contributed by atoms with Crippen molar-refractivity contribution in [2.75, 3.05) is 16.8 Å². The van der Waals surface area contributed by atoms with E-state index >= 15 is 0 Å². The Morgan fingerprint density at radius 1 is 0.958 bits per heavy atom. The van der Waals surface area contributed by atoms with Crippen LogP contribution in [-0.4, -0.2) is 21.5 Å². The minimum Gasteiger partial charge on any atom is -0.366 e. The molecule has 0 fully saturated rings. The number of nitrogens with one attached hydrogen (secondary N) is 1. The third kappa shape index (κ3) is 3.20. The SMILES string of the molecule is c1ccc2c(c1)CCN(c1nccc(NCc3ccncc3)n1)C2. The highest BCUT2D eigenvalue weighted by Gasteiger charge is 2.18. The van der Waals surface area contributed by atoms with Crippen molar-refractivity contribution in [1.82, 2.24) is 15.0 Å². The average molecular weight is 317 g/mol. The van der Waals surface area contributed by atoms with Gasteiger partial charge in [-0.2, -0.15) is 4.98 Å². The van der Waals surface area contributed by atoms with Crippen LogP contribution in [0.3, 0.4) is 0 Å². The molecule has 24 heavy (non-hydrogen) atoms. The van der Waals surface area contributed by atoms with Crippen LogP contribution in [-0.2, 0) is 19.5 Å². The van der Waals surface area contributed by atoms with E-state index in [4.69, 9.17) is 0 Å². The van der Waals surface area contributed by atoms with Crippen LogP contribution in [0.2, 0.25) is 0 Å². The fourth-order valence-electron chi connectivity index (χ4n) is 2.96. The molecule has 0 atom stereocenters. The number of fused-ring (bicyclic) bond motifs is 1. The van der Waals surface area contributed by atoms with Crippen LogP contribution in [0.25, 0.3) is 0 Å². The van der Waals surface area contributed by atoms with Gasteiger partial charge >= 0.3 is 0 Å². The van der Waals surface area contributed by atoms with Crippen LogP contribution in [0.4, 0.5) is 11.8 Å². The van der Waals surface area contributed by atoms with Crippen molar-refractivity contribution in [3.05, 3.63) is 77.7 Å². The summed E-state index contributed by atoms with van der Waals surface area (Å²) in [6.45, 7) is 2.54. The van der Waals surface area contributed by atoms with E-state index in [9.17, 15) is 0 Å². The van der Waals surface area contributed by atoms with Gasteiger partial charge in [-0.1, -0.05) is 24.3 Å². The zero-order valence-corrected chi connectivity index (χ0v) is 13.4. The Balaban J connectivity index is 1.47. The molecule has 0 radical (unpaired) electrons. The number of nitrogens with zero attached hydrogens (tertiary/aromatic N) is 4. The molecule has 1 aromatic carbocycles. The fraction of sp³-hybridized carbons (Fsp3) is 0.211. The first-order valence-corrected chi connectivity index (χ1v) is 8.16. The molecular weight excluding hydrogens is 298 g/mol. The lowest BCUT2D eigenvalue weighted by Gasteiger charge is -2.28. The number of benzene rings is 1. The molecule has 1 N–H and O–H groups in total. The van der Waals surface area contributed by atoms with Crippen LogP contribution in [0, 0.1) is 0 Å². The number of aromatic nitrogens is 3. The molecule has 5 heteroatoms. The third-order valence-electron chi connectivity index (χ3n) is 4.28. The normalized spacial score (nSPS) is 13.4. The summed E-state index contributed by atoms with van der Waals surface area (Å²) in [7, 11) is 0. The molecule has 1 aliphatic rings. The number of hydrogen-bond acceptors (Lipinski definition) is 5. The first kappa shape index (κ1) is 14.6. The van der Waals surface area contributed by atoms with Gasteiger partial charge in [-0.05, 0) is 41.3 Å². The van der Waals surface area contributed by atoms with E-state index in [2.05, 4.69) is 49.4 Å². The van der Waals surface area contributed by atoms with Crippen LogP contribution < -0.4 is 10.2 Å². The molecule has 0 amide bonds. The number of rotatable bonds is 4. The maximum atomic E-state index is 4.67. The van der Waals surface area contributed by atoms with E-state index in [0.717, 1.165) is 37.8 Å². The molecule has 0 saturated heterocycles. The van der Waals surface area contributed by atoms with Crippen molar-refractivity contribution in [3.8, 4) is 0 Å². The third-order valence-corrected chi connectivity index (χ3v) is 4.28. The standard InChI is InChI=1S/C19H19N5/c1-2-4-17-14-24(12-8-16(17)3-1)19-21-11-7-18(23-19)22-13-15-5-9-20-10-6-15/h1-7,9-11H,8,12-14H2,(H,21,22,23). The molecule has 0 bridgehead atoms. The van der Waals surface area contributed by atoms with E-state index in [1.54, 1.807) is 12.4 Å².